The van der Waals surface area contributed by atoms with Gasteiger partial charge in [0, 0.05) is 12.7 Å². The second-order valence-corrected chi connectivity index (χ2v) is 4.66. The zero-order valence-electron chi connectivity index (χ0n) is 11.0. The molecule has 0 saturated carbocycles. The maximum absolute atomic E-state index is 12.1. The van der Waals surface area contributed by atoms with Gasteiger partial charge >= 0.3 is 0 Å². The molecule has 0 N–H and O–H groups in total. The van der Waals surface area contributed by atoms with Gasteiger partial charge < -0.3 is 0 Å². The lowest BCUT2D eigenvalue weighted by Gasteiger charge is -2.08. The van der Waals surface area contributed by atoms with Crippen LogP contribution in [0.3, 0.4) is 0 Å². The number of pyridine rings is 1. The lowest BCUT2D eigenvalue weighted by molar-refractivity contribution is 0.107. The van der Waals surface area contributed by atoms with E-state index in [9.17, 15) is 9.59 Å². The van der Waals surface area contributed by atoms with Crippen LogP contribution in [0.5, 0.6) is 0 Å². The monoisotopic (exact) mass is 291 g/mol. The zero-order chi connectivity index (χ0) is 14.5. The van der Waals surface area contributed by atoms with Gasteiger partial charge in [0.25, 0.3) is 10.8 Å². The molecule has 0 saturated heterocycles. The van der Waals surface area contributed by atoms with Gasteiger partial charge in [0.15, 0.2) is 0 Å². The van der Waals surface area contributed by atoms with Crippen LogP contribution in [0, 0.1) is 0 Å². The minimum absolute atomic E-state index is 0.0709. The highest BCUT2D eigenvalue weighted by atomic mass is 35.5. The maximum Gasteiger partial charge on any atom is 0.278 e. The van der Waals surface area contributed by atoms with E-state index in [4.69, 9.17) is 11.6 Å². The van der Waals surface area contributed by atoms with Crippen molar-refractivity contribution in [2.45, 2.75) is 26.3 Å². The van der Waals surface area contributed by atoms with Gasteiger partial charge in [0.05, 0.1) is 5.69 Å². The van der Waals surface area contributed by atoms with Gasteiger partial charge in [-0.15, -0.1) is 0 Å². The fourth-order valence-electron chi connectivity index (χ4n) is 1.78. The molecule has 0 aliphatic carbocycles. The summed E-state index contributed by atoms with van der Waals surface area (Å²) in [6, 6.07) is 6.75. The van der Waals surface area contributed by atoms with Gasteiger partial charge in [0.2, 0.25) is 0 Å². The van der Waals surface area contributed by atoms with Crippen LogP contribution in [-0.2, 0) is 6.54 Å². The Morgan fingerprint density at radius 2 is 2.15 bits per heavy atom. The molecule has 2 aromatic heterocycles. The van der Waals surface area contributed by atoms with Crippen LogP contribution in [0.1, 0.15) is 30.1 Å². The van der Waals surface area contributed by atoms with Gasteiger partial charge in [-0.1, -0.05) is 19.4 Å². The summed E-state index contributed by atoms with van der Waals surface area (Å²) in [4.78, 5) is 27.6. The predicted octanol–water partition coefficient (Wildman–Crippen LogP) is 2.48. The molecule has 0 atom stereocenters. The smallest absolute Gasteiger partial charge is 0.275 e. The number of aromatic nitrogens is 3. The summed E-state index contributed by atoms with van der Waals surface area (Å²) in [6.45, 7) is 2.47. The molecule has 0 unspecified atom stereocenters. The first-order valence-corrected chi connectivity index (χ1v) is 6.74. The third kappa shape index (κ3) is 3.11. The highest BCUT2D eigenvalue weighted by Crippen LogP contribution is 2.14. The van der Waals surface area contributed by atoms with E-state index in [2.05, 4.69) is 10.1 Å². The summed E-state index contributed by atoms with van der Waals surface area (Å²) in [5, 5.41) is 3.48. The molecule has 0 aliphatic heterocycles. The lowest BCUT2D eigenvalue weighted by Crippen LogP contribution is -2.28. The Labute approximate surface area is 121 Å². The third-order valence-corrected chi connectivity index (χ3v) is 3.04. The largest absolute Gasteiger partial charge is 0.278 e. The van der Waals surface area contributed by atoms with Crippen LogP contribution in [0.25, 0.3) is 11.4 Å². The fraction of sp³-hybridized carbons (Fsp3) is 0.286. The van der Waals surface area contributed by atoms with Gasteiger partial charge in [0.1, 0.15) is 11.3 Å². The van der Waals surface area contributed by atoms with Crippen LogP contribution < -0.4 is 5.56 Å². The van der Waals surface area contributed by atoms with Crippen LogP contribution in [0.15, 0.2) is 35.3 Å². The van der Waals surface area contributed by atoms with Gasteiger partial charge in [-0.2, -0.15) is 5.10 Å². The first-order chi connectivity index (χ1) is 9.63. The zero-order valence-corrected chi connectivity index (χ0v) is 11.8. The number of hydrogen-bond donors (Lipinski definition) is 0. The van der Waals surface area contributed by atoms with Crippen LogP contribution in [0.2, 0.25) is 0 Å². The molecule has 0 spiro atoms. The van der Waals surface area contributed by atoms with Crippen molar-refractivity contribution in [2.24, 2.45) is 0 Å². The average molecular weight is 292 g/mol. The molecule has 2 rings (SSSR count). The van der Waals surface area contributed by atoms with E-state index in [1.54, 1.807) is 18.3 Å². The summed E-state index contributed by atoms with van der Waals surface area (Å²) in [5.41, 5.74) is 0.527. The molecule has 0 amide bonds. The molecule has 2 heterocycles. The van der Waals surface area contributed by atoms with Crippen molar-refractivity contribution in [3.05, 3.63) is 46.4 Å². The van der Waals surface area contributed by atoms with Crippen LogP contribution in [0.4, 0.5) is 0 Å². The molecule has 0 aliphatic rings. The van der Waals surface area contributed by atoms with Crippen molar-refractivity contribution in [3.63, 3.8) is 0 Å². The number of carbonyl (C=O) groups is 1. The van der Waals surface area contributed by atoms with Crippen molar-refractivity contribution in [1.29, 1.82) is 0 Å². The van der Waals surface area contributed by atoms with Crippen LogP contribution >= 0.6 is 11.6 Å². The molecular formula is C14H14ClN3O2. The van der Waals surface area contributed by atoms with Crippen molar-refractivity contribution >= 4 is 16.8 Å². The third-order valence-electron chi connectivity index (χ3n) is 2.84. The number of rotatable bonds is 5. The summed E-state index contributed by atoms with van der Waals surface area (Å²) in [6.07, 6.45) is 3.35. The number of hydrogen-bond acceptors (Lipinski definition) is 4. The fourth-order valence-corrected chi connectivity index (χ4v) is 1.92. The average Bonchev–Trinajstić information content (AvgIpc) is 2.46. The topological polar surface area (TPSA) is 64.8 Å². The number of carbonyl (C=O) groups excluding carboxylic acids is 1. The van der Waals surface area contributed by atoms with E-state index in [1.807, 2.05) is 13.0 Å². The Morgan fingerprint density at radius 3 is 2.75 bits per heavy atom. The second-order valence-electron chi connectivity index (χ2n) is 4.31. The summed E-state index contributed by atoms with van der Waals surface area (Å²) in [7, 11) is 0. The normalized spacial score (nSPS) is 10.5. The molecule has 0 aromatic carbocycles. The summed E-state index contributed by atoms with van der Waals surface area (Å²) < 4.78 is 1.28. The number of nitrogens with zero attached hydrogens (tertiary/aromatic N) is 3. The molecule has 20 heavy (non-hydrogen) atoms. The lowest BCUT2D eigenvalue weighted by atomic mass is 10.2. The minimum Gasteiger partial charge on any atom is -0.275 e. The van der Waals surface area contributed by atoms with Crippen molar-refractivity contribution < 1.29 is 4.79 Å². The quantitative estimate of drug-likeness (QED) is 0.794. The maximum atomic E-state index is 12.1. The van der Waals surface area contributed by atoms with E-state index in [0.29, 0.717) is 17.9 Å². The predicted molar refractivity (Wildman–Crippen MR) is 76.8 cm³/mol. The highest BCUT2D eigenvalue weighted by Gasteiger charge is 2.14. The molecular weight excluding hydrogens is 278 g/mol. The van der Waals surface area contributed by atoms with Crippen LogP contribution in [-0.4, -0.2) is 20.0 Å². The Balaban J connectivity index is 2.56. The Kier molecular flexibility index (Phi) is 4.63. The molecule has 2 aromatic rings. The first-order valence-electron chi connectivity index (χ1n) is 6.37. The van der Waals surface area contributed by atoms with E-state index in [-0.39, 0.29) is 5.56 Å². The van der Waals surface area contributed by atoms with Crippen molar-refractivity contribution in [3.8, 4) is 11.4 Å². The minimum atomic E-state index is -0.778. The summed E-state index contributed by atoms with van der Waals surface area (Å²) >= 11 is 5.47. The van der Waals surface area contributed by atoms with Crippen molar-refractivity contribution in [1.82, 2.24) is 14.8 Å². The molecule has 5 nitrogen and oxygen atoms in total. The number of aryl methyl sites for hydroxylation is 1. The molecule has 0 bridgehead atoms. The van der Waals surface area contributed by atoms with Crippen molar-refractivity contribution in [2.75, 3.05) is 0 Å². The molecule has 0 radical (unpaired) electrons. The van der Waals surface area contributed by atoms with E-state index >= 15 is 0 Å². The van der Waals surface area contributed by atoms with E-state index < -0.39 is 10.8 Å². The standard InChI is InChI=1S/C14H14ClN3O2/c1-2-3-8-18-14(20)10(13(15)19)9-12(17-18)11-6-4-5-7-16-11/h4-7,9H,2-3,8H2,1H3. The summed E-state index contributed by atoms with van der Waals surface area (Å²) in [5.74, 6) is 0. The molecule has 104 valence electrons. The van der Waals surface area contributed by atoms with E-state index in [0.717, 1.165) is 12.8 Å². The van der Waals surface area contributed by atoms with Gasteiger partial charge in [-0.05, 0) is 36.2 Å². The molecule has 0 fully saturated rings. The Bertz CT molecular complexity index is 668. The first kappa shape index (κ1) is 14.4. The number of unbranched alkanes of at least 4 members (excludes halogenated alkanes) is 1. The Hall–Kier alpha value is -2.01. The highest BCUT2D eigenvalue weighted by molar-refractivity contribution is 6.67. The van der Waals surface area contributed by atoms with E-state index in [1.165, 1.54) is 10.7 Å². The number of halogens is 1. The second kappa shape index (κ2) is 6.43. The SMILES string of the molecule is CCCCn1nc(-c2ccccn2)cc(C(=O)Cl)c1=O. The van der Waals surface area contributed by atoms with Gasteiger partial charge in [-0.25, -0.2) is 4.68 Å². The Morgan fingerprint density at radius 1 is 1.35 bits per heavy atom. The molecule has 6 heteroatoms. The van der Waals surface area contributed by atoms with Gasteiger partial charge in [-0.3, -0.25) is 14.6 Å².